The first kappa shape index (κ1) is 19.0. The van der Waals surface area contributed by atoms with Gasteiger partial charge in [0.1, 0.15) is 18.0 Å². The van der Waals surface area contributed by atoms with Crippen LogP contribution in [0.15, 0.2) is 36.5 Å². The van der Waals surface area contributed by atoms with Gasteiger partial charge in [-0.05, 0) is 43.5 Å². The Morgan fingerprint density at radius 1 is 1.32 bits per heavy atom. The molecule has 4 rings (SSSR count). The van der Waals surface area contributed by atoms with E-state index in [1.165, 1.54) is 6.07 Å². The summed E-state index contributed by atoms with van der Waals surface area (Å²) in [6.45, 7) is 1.35. The lowest BCUT2D eigenvalue weighted by Crippen LogP contribution is -2.45. The van der Waals surface area contributed by atoms with Gasteiger partial charge in [0.15, 0.2) is 12.0 Å². The lowest BCUT2D eigenvalue weighted by atomic mass is 10.1. The van der Waals surface area contributed by atoms with Crippen molar-refractivity contribution in [2.75, 3.05) is 24.7 Å². The molecule has 0 radical (unpaired) electrons. The van der Waals surface area contributed by atoms with Crippen molar-refractivity contribution in [3.05, 3.63) is 47.1 Å². The molecule has 2 aliphatic rings. The fourth-order valence-corrected chi connectivity index (χ4v) is 3.60. The van der Waals surface area contributed by atoms with Gasteiger partial charge in [-0.3, -0.25) is 0 Å². The second-order valence-electron chi connectivity index (χ2n) is 6.76. The molecule has 0 bridgehead atoms. The number of carboxylic acids is 1. The number of ether oxygens (including phenoxy) is 3. The van der Waals surface area contributed by atoms with Crippen molar-refractivity contribution in [3.63, 3.8) is 0 Å². The van der Waals surface area contributed by atoms with Crippen LogP contribution in [0.4, 0.5) is 11.5 Å². The highest BCUT2D eigenvalue weighted by Crippen LogP contribution is 2.41. The number of hydrogen-bond acceptors (Lipinski definition) is 6. The fraction of sp³-hybridized carbons (Fsp3) is 0.400. The van der Waals surface area contributed by atoms with Gasteiger partial charge in [0.2, 0.25) is 0 Å². The minimum atomic E-state index is -1.04. The van der Waals surface area contributed by atoms with E-state index in [2.05, 4.69) is 4.98 Å². The third kappa shape index (κ3) is 3.92. The van der Waals surface area contributed by atoms with Crippen LogP contribution in [0, 0.1) is 0 Å². The fourth-order valence-electron chi connectivity index (χ4n) is 3.49. The second-order valence-corrected chi connectivity index (χ2v) is 7.19. The first-order chi connectivity index (χ1) is 13.6. The van der Waals surface area contributed by atoms with E-state index in [9.17, 15) is 9.90 Å². The topological polar surface area (TPSA) is 81.1 Å². The van der Waals surface area contributed by atoms with Gasteiger partial charge in [-0.2, -0.15) is 0 Å². The molecule has 0 saturated carbocycles. The van der Waals surface area contributed by atoms with Crippen molar-refractivity contribution in [2.24, 2.45) is 0 Å². The molecule has 2 aromatic rings. The summed E-state index contributed by atoms with van der Waals surface area (Å²) < 4.78 is 17.5. The molecule has 1 aromatic heterocycles. The van der Waals surface area contributed by atoms with E-state index in [4.69, 9.17) is 25.8 Å². The Morgan fingerprint density at radius 3 is 2.93 bits per heavy atom. The highest BCUT2D eigenvalue weighted by Gasteiger charge is 2.33. The Kier molecular flexibility index (Phi) is 5.66. The van der Waals surface area contributed by atoms with Crippen LogP contribution in [0.2, 0.25) is 5.02 Å². The van der Waals surface area contributed by atoms with E-state index >= 15 is 0 Å². The maximum Gasteiger partial charge on any atom is 0.339 e. The summed E-state index contributed by atoms with van der Waals surface area (Å²) >= 11 is 5.99. The maximum atomic E-state index is 11.6. The minimum Gasteiger partial charge on any atom is -0.488 e. The Morgan fingerprint density at radius 2 is 2.21 bits per heavy atom. The number of carboxylic acid groups (broad SMARTS) is 1. The van der Waals surface area contributed by atoms with Crippen molar-refractivity contribution < 1.29 is 24.1 Å². The van der Waals surface area contributed by atoms with Gasteiger partial charge in [0.05, 0.1) is 23.4 Å². The van der Waals surface area contributed by atoms with E-state index in [0.717, 1.165) is 19.3 Å². The molecule has 3 heterocycles. The molecular formula is C20H21ClN2O5. The first-order valence-electron chi connectivity index (χ1n) is 9.26. The average Bonchev–Trinajstić information content (AvgIpc) is 2.72. The number of aromatic carboxylic acids is 1. The lowest BCUT2D eigenvalue weighted by Gasteiger charge is -2.38. The van der Waals surface area contributed by atoms with E-state index in [1.807, 2.05) is 11.0 Å². The van der Waals surface area contributed by atoms with Crippen LogP contribution in [0.25, 0.3) is 0 Å². The Hall–Kier alpha value is -2.35. The van der Waals surface area contributed by atoms with E-state index < -0.39 is 5.97 Å². The molecular weight excluding hydrogens is 384 g/mol. The SMILES string of the molecule is O=C(O)c1cccc2c1OCC(CO[C@H]1CCCCO1)N2c1ccc(Cl)cn1. The summed E-state index contributed by atoms with van der Waals surface area (Å²) in [5.41, 5.74) is 0.755. The number of halogens is 1. The van der Waals surface area contributed by atoms with Gasteiger partial charge in [0.25, 0.3) is 0 Å². The smallest absolute Gasteiger partial charge is 0.339 e. The summed E-state index contributed by atoms with van der Waals surface area (Å²) in [6, 6.07) is 8.41. The maximum absolute atomic E-state index is 11.6. The number of fused-ring (bicyclic) bond motifs is 1. The van der Waals surface area contributed by atoms with Gasteiger partial charge in [-0.25, -0.2) is 9.78 Å². The number of hydrogen-bond donors (Lipinski definition) is 1. The van der Waals surface area contributed by atoms with Crippen LogP contribution in [-0.4, -0.2) is 48.2 Å². The summed E-state index contributed by atoms with van der Waals surface area (Å²) in [5.74, 6) is -0.0576. The molecule has 0 spiro atoms. The van der Waals surface area contributed by atoms with Crippen molar-refractivity contribution in [1.29, 1.82) is 0 Å². The predicted molar refractivity (Wildman–Crippen MR) is 104 cm³/mol. The molecule has 0 amide bonds. The van der Waals surface area contributed by atoms with Gasteiger partial charge < -0.3 is 24.2 Å². The largest absolute Gasteiger partial charge is 0.488 e. The molecule has 2 aliphatic heterocycles. The zero-order valence-corrected chi connectivity index (χ0v) is 16.0. The molecule has 1 unspecified atom stereocenters. The molecule has 1 saturated heterocycles. The average molecular weight is 405 g/mol. The van der Waals surface area contributed by atoms with Crippen molar-refractivity contribution >= 4 is 29.1 Å². The highest BCUT2D eigenvalue weighted by molar-refractivity contribution is 6.30. The summed E-state index contributed by atoms with van der Waals surface area (Å²) in [6.07, 6.45) is 4.35. The van der Waals surface area contributed by atoms with Crippen LogP contribution in [-0.2, 0) is 9.47 Å². The lowest BCUT2D eigenvalue weighted by molar-refractivity contribution is -0.165. The second kappa shape index (κ2) is 8.34. The van der Waals surface area contributed by atoms with Gasteiger partial charge in [0, 0.05) is 12.8 Å². The Balaban J connectivity index is 1.65. The molecule has 1 fully saturated rings. The number of pyridine rings is 1. The summed E-state index contributed by atoms with van der Waals surface area (Å²) in [7, 11) is 0. The van der Waals surface area contributed by atoms with Crippen LogP contribution < -0.4 is 9.64 Å². The highest BCUT2D eigenvalue weighted by atomic mass is 35.5. The number of aromatic nitrogens is 1. The van der Waals surface area contributed by atoms with Crippen LogP contribution >= 0.6 is 11.6 Å². The number of rotatable bonds is 5. The molecule has 8 heteroatoms. The standard InChI is InChI=1S/C20H21ClN2O5/c21-13-7-8-17(22-10-13)23-14(11-27-18-6-1-2-9-26-18)12-28-19-15(20(24)25)4-3-5-16(19)23/h3-5,7-8,10,14,18H,1-2,6,9,11-12H2,(H,24,25)/t14?,18-/m0/s1. The predicted octanol–water partition coefficient (Wildman–Crippen LogP) is 3.88. The van der Waals surface area contributed by atoms with Crippen LogP contribution in [0.3, 0.4) is 0 Å². The third-order valence-electron chi connectivity index (χ3n) is 4.84. The molecule has 7 nitrogen and oxygen atoms in total. The van der Waals surface area contributed by atoms with Crippen molar-refractivity contribution in [2.45, 2.75) is 31.6 Å². The quantitative estimate of drug-likeness (QED) is 0.809. The number of carbonyl (C=O) groups is 1. The van der Waals surface area contributed by atoms with Crippen molar-refractivity contribution in [1.82, 2.24) is 4.98 Å². The molecule has 0 aliphatic carbocycles. The van der Waals surface area contributed by atoms with E-state index in [-0.39, 0.29) is 24.5 Å². The van der Waals surface area contributed by atoms with Gasteiger partial charge >= 0.3 is 5.97 Å². The summed E-state index contributed by atoms with van der Waals surface area (Å²) in [4.78, 5) is 18.0. The Bertz CT molecular complexity index is 839. The zero-order valence-electron chi connectivity index (χ0n) is 15.2. The normalized spacial score (nSPS) is 21.7. The number of para-hydroxylation sites is 1. The number of benzene rings is 1. The monoisotopic (exact) mass is 404 g/mol. The number of anilines is 2. The van der Waals surface area contributed by atoms with Crippen LogP contribution in [0.5, 0.6) is 5.75 Å². The van der Waals surface area contributed by atoms with E-state index in [0.29, 0.717) is 35.5 Å². The van der Waals surface area contributed by atoms with Crippen molar-refractivity contribution in [3.8, 4) is 5.75 Å². The third-order valence-corrected chi connectivity index (χ3v) is 5.06. The van der Waals surface area contributed by atoms with E-state index in [1.54, 1.807) is 24.4 Å². The zero-order chi connectivity index (χ0) is 19.5. The van der Waals surface area contributed by atoms with Gasteiger partial charge in [-0.15, -0.1) is 0 Å². The minimum absolute atomic E-state index is 0.117. The van der Waals surface area contributed by atoms with Crippen LogP contribution in [0.1, 0.15) is 29.6 Å². The molecule has 1 N–H and O–H groups in total. The first-order valence-corrected chi connectivity index (χ1v) is 9.64. The van der Waals surface area contributed by atoms with Gasteiger partial charge in [-0.1, -0.05) is 17.7 Å². The Labute approximate surface area is 167 Å². The molecule has 148 valence electrons. The molecule has 1 aromatic carbocycles. The molecule has 28 heavy (non-hydrogen) atoms. The summed E-state index contributed by atoms with van der Waals surface area (Å²) in [5, 5.41) is 10.0. The number of nitrogens with zero attached hydrogens (tertiary/aromatic N) is 2. The molecule has 2 atom stereocenters.